The summed E-state index contributed by atoms with van der Waals surface area (Å²) in [5.74, 6) is 0.0196. The minimum atomic E-state index is -0.386. The number of rotatable bonds is 4. The van der Waals surface area contributed by atoms with Crippen LogP contribution in [0.15, 0.2) is 42.0 Å². The third kappa shape index (κ3) is 4.82. The number of fused-ring (bicyclic) bond motifs is 1. The molecule has 0 aliphatic carbocycles. The van der Waals surface area contributed by atoms with Gasteiger partial charge < -0.3 is 10.2 Å². The van der Waals surface area contributed by atoms with Crippen molar-refractivity contribution in [2.45, 2.75) is 72.4 Å². The SMILES string of the molecule is Cc1cc(C)cc(NC(=O)/C(C#N)=C\c2ccc3c(c2)C(C)CC(C)(C)N3C(C)C)c1. The summed E-state index contributed by atoms with van der Waals surface area (Å²) in [6, 6.07) is 14.6. The van der Waals surface area contributed by atoms with Gasteiger partial charge in [-0.3, -0.25) is 4.79 Å². The molecule has 1 aliphatic rings. The maximum Gasteiger partial charge on any atom is 0.266 e. The van der Waals surface area contributed by atoms with Crippen molar-refractivity contribution in [3.05, 3.63) is 64.2 Å². The molecule has 2 aromatic rings. The molecule has 1 aliphatic heterocycles. The summed E-state index contributed by atoms with van der Waals surface area (Å²) >= 11 is 0. The van der Waals surface area contributed by atoms with E-state index >= 15 is 0 Å². The number of nitrogens with zero attached hydrogens (tertiary/aromatic N) is 2. The van der Waals surface area contributed by atoms with Crippen molar-refractivity contribution < 1.29 is 4.79 Å². The smallest absolute Gasteiger partial charge is 0.266 e. The summed E-state index contributed by atoms with van der Waals surface area (Å²) in [4.78, 5) is 15.2. The Hall–Kier alpha value is -3.06. The minimum Gasteiger partial charge on any atom is -0.364 e. The first-order valence-electron chi connectivity index (χ1n) is 11.0. The average molecular weight is 416 g/mol. The Morgan fingerprint density at radius 1 is 1.19 bits per heavy atom. The summed E-state index contributed by atoms with van der Waals surface area (Å²) < 4.78 is 0. The van der Waals surface area contributed by atoms with E-state index in [-0.39, 0.29) is 17.0 Å². The molecule has 1 amide bonds. The predicted molar refractivity (Wildman–Crippen MR) is 129 cm³/mol. The molecule has 31 heavy (non-hydrogen) atoms. The number of anilines is 2. The van der Waals surface area contributed by atoms with Crippen LogP contribution in [0.2, 0.25) is 0 Å². The normalized spacial score (nSPS) is 17.8. The van der Waals surface area contributed by atoms with Crippen LogP contribution in [0.3, 0.4) is 0 Å². The molecule has 4 heteroatoms. The van der Waals surface area contributed by atoms with Gasteiger partial charge in [0.25, 0.3) is 5.91 Å². The maximum atomic E-state index is 12.7. The van der Waals surface area contributed by atoms with Crippen molar-refractivity contribution >= 4 is 23.4 Å². The third-order valence-corrected chi connectivity index (χ3v) is 5.97. The summed E-state index contributed by atoms with van der Waals surface area (Å²) in [5, 5.41) is 12.5. The highest BCUT2D eigenvalue weighted by atomic mass is 16.1. The molecule has 0 aromatic heterocycles. The van der Waals surface area contributed by atoms with E-state index in [0.717, 1.165) is 23.1 Å². The first-order valence-corrected chi connectivity index (χ1v) is 11.0. The second-order valence-electron chi connectivity index (χ2n) is 9.70. The Morgan fingerprint density at radius 2 is 1.84 bits per heavy atom. The van der Waals surface area contributed by atoms with Crippen LogP contribution < -0.4 is 10.2 Å². The monoisotopic (exact) mass is 415 g/mol. The van der Waals surface area contributed by atoms with Gasteiger partial charge in [-0.2, -0.15) is 5.26 Å². The topological polar surface area (TPSA) is 56.1 Å². The molecular weight excluding hydrogens is 382 g/mol. The molecule has 1 atom stereocenters. The van der Waals surface area contributed by atoms with E-state index in [2.05, 4.69) is 63.0 Å². The van der Waals surface area contributed by atoms with E-state index < -0.39 is 0 Å². The number of nitrogens with one attached hydrogen (secondary N) is 1. The average Bonchev–Trinajstić information content (AvgIpc) is 2.64. The van der Waals surface area contributed by atoms with Crippen LogP contribution in [0.1, 0.15) is 69.2 Å². The quantitative estimate of drug-likeness (QED) is 0.467. The van der Waals surface area contributed by atoms with Crippen LogP contribution in [0.25, 0.3) is 6.08 Å². The fraction of sp³-hybridized carbons (Fsp3) is 0.407. The number of carbonyl (C=O) groups excluding carboxylic acids is 1. The lowest BCUT2D eigenvalue weighted by Crippen LogP contribution is -2.51. The lowest BCUT2D eigenvalue weighted by atomic mass is 9.79. The molecule has 0 radical (unpaired) electrons. The maximum absolute atomic E-state index is 12.7. The largest absolute Gasteiger partial charge is 0.364 e. The number of benzene rings is 2. The highest BCUT2D eigenvalue weighted by Crippen LogP contribution is 2.44. The minimum absolute atomic E-state index is 0.0849. The van der Waals surface area contributed by atoms with Crippen molar-refractivity contribution in [1.82, 2.24) is 0 Å². The first-order chi connectivity index (χ1) is 14.5. The van der Waals surface area contributed by atoms with Crippen LogP contribution in [-0.4, -0.2) is 17.5 Å². The molecule has 0 fully saturated rings. The van der Waals surface area contributed by atoms with Crippen molar-refractivity contribution in [3.8, 4) is 6.07 Å². The van der Waals surface area contributed by atoms with Gasteiger partial charge in [0.1, 0.15) is 11.6 Å². The zero-order chi connectivity index (χ0) is 22.9. The van der Waals surface area contributed by atoms with E-state index in [9.17, 15) is 10.1 Å². The lowest BCUT2D eigenvalue weighted by Gasteiger charge is -2.50. The van der Waals surface area contributed by atoms with Gasteiger partial charge >= 0.3 is 0 Å². The van der Waals surface area contributed by atoms with E-state index in [1.165, 1.54) is 11.3 Å². The Balaban J connectivity index is 1.93. The molecule has 4 nitrogen and oxygen atoms in total. The van der Waals surface area contributed by atoms with E-state index in [4.69, 9.17) is 0 Å². The molecule has 1 heterocycles. The van der Waals surface area contributed by atoms with Crippen LogP contribution in [-0.2, 0) is 4.79 Å². The highest BCUT2D eigenvalue weighted by Gasteiger charge is 2.37. The number of hydrogen-bond acceptors (Lipinski definition) is 3. The number of nitriles is 1. The van der Waals surface area contributed by atoms with Gasteiger partial charge in [0, 0.05) is 23.0 Å². The van der Waals surface area contributed by atoms with Gasteiger partial charge in [0.05, 0.1) is 0 Å². The van der Waals surface area contributed by atoms with Gasteiger partial charge in [-0.25, -0.2) is 0 Å². The number of amides is 1. The molecule has 2 aromatic carbocycles. The molecule has 1 unspecified atom stereocenters. The fourth-order valence-electron chi connectivity index (χ4n) is 5.10. The Labute approximate surface area is 186 Å². The standard InChI is InChI=1S/C27H33N3O/c1-17(2)30-25-9-8-21(14-24(25)20(5)15-27(30,6)7)13-22(16-28)26(31)29-23-11-18(3)10-19(4)12-23/h8-14,17,20H,15H2,1-7H3,(H,29,31)/b22-13-. The number of aryl methyl sites for hydroxylation is 2. The van der Waals surface area contributed by atoms with Gasteiger partial charge in [0.15, 0.2) is 0 Å². The molecule has 162 valence electrons. The van der Waals surface area contributed by atoms with Gasteiger partial charge in [-0.15, -0.1) is 0 Å². The molecule has 1 N–H and O–H groups in total. The molecule has 0 spiro atoms. The van der Waals surface area contributed by atoms with E-state index in [0.29, 0.717) is 17.6 Å². The summed E-state index contributed by atoms with van der Waals surface area (Å²) in [5.41, 5.74) is 6.42. The Kier molecular flexibility index (Phi) is 6.27. The summed E-state index contributed by atoms with van der Waals surface area (Å²) in [6.45, 7) is 15.3. The molecule has 0 bridgehead atoms. The number of hydrogen-bond donors (Lipinski definition) is 1. The third-order valence-electron chi connectivity index (χ3n) is 5.97. The lowest BCUT2D eigenvalue weighted by molar-refractivity contribution is -0.112. The summed E-state index contributed by atoms with van der Waals surface area (Å²) in [6.07, 6.45) is 2.74. The molecule has 0 saturated heterocycles. The van der Waals surface area contributed by atoms with Crippen molar-refractivity contribution in [1.29, 1.82) is 5.26 Å². The van der Waals surface area contributed by atoms with Crippen LogP contribution in [0.5, 0.6) is 0 Å². The van der Waals surface area contributed by atoms with E-state index in [1.54, 1.807) is 6.08 Å². The van der Waals surface area contributed by atoms with Crippen LogP contribution >= 0.6 is 0 Å². The van der Waals surface area contributed by atoms with E-state index in [1.807, 2.05) is 38.1 Å². The molecule has 0 saturated carbocycles. The summed E-state index contributed by atoms with van der Waals surface area (Å²) in [7, 11) is 0. The predicted octanol–water partition coefficient (Wildman–Crippen LogP) is 6.35. The Bertz CT molecular complexity index is 1050. The van der Waals surface area contributed by atoms with Crippen LogP contribution in [0, 0.1) is 25.2 Å². The van der Waals surface area contributed by atoms with Crippen molar-refractivity contribution in [2.24, 2.45) is 0 Å². The van der Waals surface area contributed by atoms with Crippen LogP contribution in [0.4, 0.5) is 11.4 Å². The second-order valence-corrected chi connectivity index (χ2v) is 9.70. The molecular formula is C27H33N3O. The van der Waals surface area contributed by atoms with Gasteiger partial charge in [-0.05, 0) is 106 Å². The molecule has 3 rings (SSSR count). The number of carbonyl (C=O) groups is 1. The van der Waals surface area contributed by atoms with Gasteiger partial charge in [0.2, 0.25) is 0 Å². The van der Waals surface area contributed by atoms with Crippen molar-refractivity contribution in [2.75, 3.05) is 10.2 Å². The van der Waals surface area contributed by atoms with Crippen molar-refractivity contribution in [3.63, 3.8) is 0 Å². The zero-order valence-electron chi connectivity index (χ0n) is 19.7. The highest BCUT2D eigenvalue weighted by molar-refractivity contribution is 6.09. The fourth-order valence-corrected chi connectivity index (χ4v) is 5.10. The Morgan fingerprint density at radius 3 is 2.42 bits per heavy atom. The first kappa shape index (κ1) is 22.6. The zero-order valence-corrected chi connectivity index (χ0v) is 19.7. The second kappa shape index (κ2) is 8.59. The van der Waals surface area contributed by atoms with Gasteiger partial charge in [-0.1, -0.05) is 19.1 Å².